The summed E-state index contributed by atoms with van der Waals surface area (Å²) >= 11 is 1.76. The van der Waals surface area contributed by atoms with Gasteiger partial charge in [-0.2, -0.15) is 0 Å². The highest BCUT2D eigenvalue weighted by molar-refractivity contribution is 7.98. The Kier molecular flexibility index (Phi) is 2.97. The quantitative estimate of drug-likeness (QED) is 0.743. The van der Waals surface area contributed by atoms with Crippen molar-refractivity contribution in [3.05, 3.63) is 41.0 Å². The highest BCUT2D eigenvalue weighted by Gasteiger charge is 2.19. The molecule has 1 aliphatic heterocycles. The molecule has 0 bridgehead atoms. The zero-order valence-corrected chi connectivity index (χ0v) is 12.5. The van der Waals surface area contributed by atoms with Crippen molar-refractivity contribution in [2.75, 3.05) is 6.26 Å². The Bertz CT molecular complexity index is 683. The van der Waals surface area contributed by atoms with Crippen LogP contribution in [0.5, 0.6) is 0 Å². The molecule has 0 saturated carbocycles. The van der Waals surface area contributed by atoms with Gasteiger partial charge in [0.2, 0.25) is 0 Å². The molecule has 1 aliphatic rings. The molecule has 0 amide bonds. The van der Waals surface area contributed by atoms with E-state index in [2.05, 4.69) is 59.8 Å². The predicted octanol–water partition coefficient (Wildman–Crippen LogP) is 3.53. The predicted molar refractivity (Wildman–Crippen MR) is 80.7 cm³/mol. The fraction of sp³-hybridized carbons (Fsp3) is 0.333. The summed E-state index contributed by atoms with van der Waals surface area (Å²) in [6, 6.07) is 6.58. The van der Waals surface area contributed by atoms with Gasteiger partial charge in [0.15, 0.2) is 0 Å². The topological polar surface area (TPSA) is 30.2 Å². The van der Waals surface area contributed by atoms with Crippen molar-refractivity contribution in [1.82, 2.24) is 9.55 Å². The number of imidazole rings is 1. The first-order chi connectivity index (χ1) is 9.11. The number of nitrogens with zero attached hydrogens (tertiary/aromatic N) is 3. The number of hydrogen-bond donors (Lipinski definition) is 0. The third-order valence-electron chi connectivity index (χ3n) is 3.71. The highest BCUT2D eigenvalue weighted by Crippen LogP contribution is 2.28. The summed E-state index contributed by atoms with van der Waals surface area (Å²) in [5, 5.41) is 0. The van der Waals surface area contributed by atoms with E-state index in [-0.39, 0.29) is 0 Å². The first-order valence-corrected chi connectivity index (χ1v) is 7.59. The Morgan fingerprint density at radius 2 is 2.00 bits per heavy atom. The van der Waals surface area contributed by atoms with Crippen molar-refractivity contribution in [2.24, 2.45) is 4.99 Å². The van der Waals surface area contributed by atoms with E-state index in [0.29, 0.717) is 6.54 Å². The van der Waals surface area contributed by atoms with Crippen molar-refractivity contribution in [1.29, 1.82) is 0 Å². The molecular formula is C15H17N3S. The second-order valence-electron chi connectivity index (χ2n) is 4.82. The van der Waals surface area contributed by atoms with Crippen LogP contribution in [0.3, 0.4) is 0 Å². The molecule has 0 unspecified atom stereocenters. The molecule has 0 fully saturated rings. The van der Waals surface area contributed by atoms with Gasteiger partial charge in [-0.15, -0.1) is 11.8 Å². The Hall–Kier alpha value is -1.55. The van der Waals surface area contributed by atoms with Crippen LogP contribution in [0.15, 0.2) is 28.1 Å². The first-order valence-electron chi connectivity index (χ1n) is 6.36. The van der Waals surface area contributed by atoms with Crippen LogP contribution in [-0.2, 0) is 6.54 Å². The molecule has 3 nitrogen and oxygen atoms in total. The zero-order valence-electron chi connectivity index (χ0n) is 11.7. The number of aliphatic imine (C=N–C) groups is 1. The maximum atomic E-state index is 4.66. The standard InChI is InChI=1S/C15H17N3S/c1-9-11(3)18-14-6-5-12(19-4)7-13(14)10(2)16-8-15(18)17-9/h5-7H,8H2,1-4H3. The molecule has 2 aromatic rings. The van der Waals surface area contributed by atoms with Gasteiger partial charge in [0.1, 0.15) is 5.82 Å². The molecule has 2 heterocycles. The number of benzene rings is 1. The van der Waals surface area contributed by atoms with E-state index in [4.69, 9.17) is 0 Å². The zero-order chi connectivity index (χ0) is 13.6. The lowest BCUT2D eigenvalue weighted by molar-refractivity contribution is 0.862. The third-order valence-corrected chi connectivity index (χ3v) is 4.43. The largest absolute Gasteiger partial charge is 0.299 e. The average Bonchev–Trinajstić information content (AvgIpc) is 2.62. The lowest BCUT2D eigenvalue weighted by Crippen LogP contribution is -2.05. The summed E-state index contributed by atoms with van der Waals surface area (Å²) in [4.78, 5) is 10.6. The Labute approximate surface area is 117 Å². The van der Waals surface area contributed by atoms with E-state index in [1.54, 1.807) is 11.8 Å². The summed E-state index contributed by atoms with van der Waals surface area (Å²) < 4.78 is 2.24. The molecule has 1 aromatic heterocycles. The van der Waals surface area contributed by atoms with Crippen molar-refractivity contribution in [3.8, 4) is 5.69 Å². The molecular weight excluding hydrogens is 254 g/mol. The number of rotatable bonds is 1. The highest BCUT2D eigenvalue weighted by atomic mass is 32.2. The van der Waals surface area contributed by atoms with Crippen LogP contribution in [0.25, 0.3) is 5.69 Å². The second-order valence-corrected chi connectivity index (χ2v) is 5.70. The molecule has 0 spiro atoms. The fourth-order valence-electron chi connectivity index (χ4n) is 2.51. The summed E-state index contributed by atoms with van der Waals surface area (Å²) in [6.45, 7) is 6.92. The Balaban J connectivity index is 2.32. The number of hydrogen-bond acceptors (Lipinski definition) is 3. The van der Waals surface area contributed by atoms with Gasteiger partial charge in [-0.1, -0.05) is 0 Å². The van der Waals surface area contributed by atoms with Gasteiger partial charge < -0.3 is 0 Å². The summed E-state index contributed by atoms with van der Waals surface area (Å²) in [5.74, 6) is 1.03. The maximum Gasteiger partial charge on any atom is 0.135 e. The van der Waals surface area contributed by atoms with Gasteiger partial charge in [-0.25, -0.2) is 4.98 Å². The lowest BCUT2D eigenvalue weighted by Gasteiger charge is -2.12. The van der Waals surface area contributed by atoms with Crippen LogP contribution in [0.1, 0.15) is 29.7 Å². The maximum absolute atomic E-state index is 4.66. The van der Waals surface area contributed by atoms with E-state index in [0.717, 1.165) is 17.2 Å². The van der Waals surface area contributed by atoms with Gasteiger partial charge >= 0.3 is 0 Å². The SMILES string of the molecule is CSc1ccc2c(c1)C(C)=NCc1nc(C)c(C)n1-2. The van der Waals surface area contributed by atoms with Gasteiger partial charge in [0.05, 0.1) is 17.9 Å². The molecule has 4 heteroatoms. The monoisotopic (exact) mass is 271 g/mol. The van der Waals surface area contributed by atoms with Crippen molar-refractivity contribution in [2.45, 2.75) is 32.2 Å². The smallest absolute Gasteiger partial charge is 0.135 e. The van der Waals surface area contributed by atoms with E-state index in [1.165, 1.54) is 21.8 Å². The molecule has 1 aromatic carbocycles. The molecule has 0 saturated heterocycles. The number of aryl methyl sites for hydroxylation is 1. The summed E-state index contributed by atoms with van der Waals surface area (Å²) in [7, 11) is 0. The van der Waals surface area contributed by atoms with Gasteiger partial charge in [-0.05, 0) is 45.2 Å². The third kappa shape index (κ3) is 1.91. The second kappa shape index (κ2) is 4.53. The van der Waals surface area contributed by atoms with Gasteiger partial charge in [0.25, 0.3) is 0 Å². The minimum atomic E-state index is 0.657. The van der Waals surface area contributed by atoms with Crippen LogP contribution in [-0.4, -0.2) is 21.5 Å². The molecule has 0 N–H and O–H groups in total. The van der Waals surface area contributed by atoms with Crippen LogP contribution in [0.4, 0.5) is 0 Å². The van der Waals surface area contributed by atoms with Gasteiger partial charge in [-0.3, -0.25) is 9.56 Å². The van der Waals surface area contributed by atoms with E-state index in [9.17, 15) is 0 Å². The molecule has 3 rings (SSSR count). The van der Waals surface area contributed by atoms with Crippen molar-refractivity contribution in [3.63, 3.8) is 0 Å². The Morgan fingerprint density at radius 3 is 2.74 bits per heavy atom. The van der Waals surface area contributed by atoms with Crippen LogP contribution >= 0.6 is 11.8 Å². The number of thioether (sulfide) groups is 1. The normalized spacial score (nSPS) is 13.6. The lowest BCUT2D eigenvalue weighted by atomic mass is 10.1. The van der Waals surface area contributed by atoms with E-state index < -0.39 is 0 Å². The minimum absolute atomic E-state index is 0.657. The van der Waals surface area contributed by atoms with Crippen LogP contribution < -0.4 is 0 Å². The summed E-state index contributed by atoms with van der Waals surface area (Å²) in [5.41, 5.74) is 5.80. The minimum Gasteiger partial charge on any atom is -0.299 e. The fourth-order valence-corrected chi connectivity index (χ4v) is 2.95. The van der Waals surface area contributed by atoms with E-state index >= 15 is 0 Å². The van der Waals surface area contributed by atoms with E-state index in [1.807, 2.05) is 0 Å². The molecule has 19 heavy (non-hydrogen) atoms. The average molecular weight is 271 g/mol. The molecule has 0 aliphatic carbocycles. The molecule has 98 valence electrons. The summed E-state index contributed by atoms with van der Waals surface area (Å²) in [6.07, 6.45) is 2.10. The first kappa shape index (κ1) is 12.5. The Morgan fingerprint density at radius 1 is 1.21 bits per heavy atom. The van der Waals surface area contributed by atoms with Crippen LogP contribution in [0, 0.1) is 13.8 Å². The van der Waals surface area contributed by atoms with Crippen molar-refractivity contribution < 1.29 is 0 Å². The number of aromatic nitrogens is 2. The van der Waals surface area contributed by atoms with Gasteiger partial charge in [0, 0.05) is 21.9 Å². The van der Waals surface area contributed by atoms with Crippen molar-refractivity contribution >= 4 is 17.5 Å². The molecule has 0 radical (unpaired) electrons. The number of fused-ring (bicyclic) bond motifs is 3. The van der Waals surface area contributed by atoms with Crippen LogP contribution in [0.2, 0.25) is 0 Å². The molecule has 0 atom stereocenters.